The van der Waals surface area contributed by atoms with Gasteiger partial charge in [-0.05, 0) is 31.2 Å². The number of carbonyl (C=O) groups is 1. The number of H-pyrrole nitrogens is 1. The van der Waals surface area contributed by atoms with E-state index < -0.39 is 11.9 Å². The largest absolute Gasteiger partial charge is 0.481 e. The van der Waals surface area contributed by atoms with E-state index in [-0.39, 0.29) is 0 Å². The van der Waals surface area contributed by atoms with Crippen molar-refractivity contribution < 1.29 is 9.90 Å². The Kier molecular flexibility index (Phi) is 3.30. The molecule has 2 N–H and O–H groups in total. The first-order chi connectivity index (χ1) is 9.69. The van der Waals surface area contributed by atoms with Gasteiger partial charge >= 0.3 is 5.97 Å². The Morgan fingerprint density at radius 1 is 1.40 bits per heavy atom. The Bertz CT molecular complexity index is 628. The van der Waals surface area contributed by atoms with E-state index in [4.69, 9.17) is 0 Å². The second-order valence-electron chi connectivity index (χ2n) is 5.28. The van der Waals surface area contributed by atoms with Gasteiger partial charge < -0.3 is 10.1 Å². The van der Waals surface area contributed by atoms with Gasteiger partial charge in [-0.1, -0.05) is 31.2 Å². The molecule has 0 aliphatic heterocycles. The molecular weight excluding hydrogens is 252 g/mol. The summed E-state index contributed by atoms with van der Waals surface area (Å²) in [6.07, 6.45) is 3.48. The van der Waals surface area contributed by atoms with E-state index in [2.05, 4.69) is 29.0 Å². The number of rotatable bonds is 3. The van der Waals surface area contributed by atoms with Crippen LogP contribution < -0.4 is 0 Å². The van der Waals surface area contributed by atoms with Gasteiger partial charge in [0.1, 0.15) is 11.7 Å². The number of nitrogens with one attached hydrogen (secondary N) is 1. The normalized spacial score (nSPS) is 17.8. The lowest BCUT2D eigenvalue weighted by Crippen LogP contribution is -2.17. The summed E-state index contributed by atoms with van der Waals surface area (Å²) in [6.45, 7) is 2.12. The number of aromatic amines is 1. The van der Waals surface area contributed by atoms with Crippen LogP contribution in [0.25, 0.3) is 11.4 Å². The summed E-state index contributed by atoms with van der Waals surface area (Å²) in [4.78, 5) is 19.1. The molecule has 0 spiro atoms. The Balaban J connectivity index is 1.97. The van der Waals surface area contributed by atoms with Crippen molar-refractivity contribution in [2.24, 2.45) is 0 Å². The van der Waals surface area contributed by atoms with E-state index in [9.17, 15) is 9.90 Å². The van der Waals surface area contributed by atoms with Crippen LogP contribution in [0.5, 0.6) is 0 Å². The van der Waals surface area contributed by atoms with Crippen LogP contribution in [0.3, 0.4) is 0 Å². The SMILES string of the molecule is CCc1ccc(-c2nc3c([nH]2)CCCC3C(=O)O)cc1. The number of nitrogens with zero attached hydrogens (tertiary/aromatic N) is 1. The molecule has 104 valence electrons. The Hall–Kier alpha value is -2.10. The lowest BCUT2D eigenvalue weighted by Gasteiger charge is -2.16. The lowest BCUT2D eigenvalue weighted by atomic mass is 9.90. The third-order valence-electron chi connectivity index (χ3n) is 3.99. The molecule has 1 aromatic heterocycles. The molecule has 1 unspecified atom stereocenters. The van der Waals surface area contributed by atoms with Crippen molar-refractivity contribution in [3.63, 3.8) is 0 Å². The molecular formula is C16H18N2O2. The molecule has 3 rings (SSSR count). The maximum Gasteiger partial charge on any atom is 0.312 e. The number of benzene rings is 1. The van der Waals surface area contributed by atoms with E-state index >= 15 is 0 Å². The molecule has 2 aromatic rings. The zero-order chi connectivity index (χ0) is 14.1. The van der Waals surface area contributed by atoms with E-state index in [0.29, 0.717) is 6.42 Å². The minimum Gasteiger partial charge on any atom is -0.481 e. The third kappa shape index (κ3) is 2.22. The van der Waals surface area contributed by atoms with Crippen molar-refractivity contribution in [1.29, 1.82) is 0 Å². The number of aliphatic carboxylic acids is 1. The average Bonchev–Trinajstić information content (AvgIpc) is 2.90. The molecule has 1 heterocycles. The number of carboxylic acids is 1. The molecule has 0 bridgehead atoms. The minimum absolute atomic E-state index is 0.460. The second kappa shape index (κ2) is 5.12. The highest BCUT2D eigenvalue weighted by atomic mass is 16.4. The summed E-state index contributed by atoms with van der Waals surface area (Å²) in [5.74, 6) is -0.449. The number of fused-ring (bicyclic) bond motifs is 1. The van der Waals surface area contributed by atoms with Crippen LogP contribution in [0, 0.1) is 0 Å². The van der Waals surface area contributed by atoms with Crippen molar-refractivity contribution >= 4 is 5.97 Å². The Morgan fingerprint density at radius 3 is 2.80 bits per heavy atom. The van der Waals surface area contributed by atoms with Gasteiger partial charge in [0, 0.05) is 11.3 Å². The summed E-state index contributed by atoms with van der Waals surface area (Å²) in [6, 6.07) is 8.26. The molecule has 0 radical (unpaired) electrons. The zero-order valence-corrected chi connectivity index (χ0v) is 11.5. The molecule has 0 saturated heterocycles. The van der Waals surface area contributed by atoms with Crippen molar-refractivity contribution in [1.82, 2.24) is 9.97 Å². The molecule has 0 amide bonds. The standard InChI is InChI=1S/C16H18N2O2/c1-2-10-6-8-11(9-7-10)15-17-13-5-3-4-12(16(19)20)14(13)18-15/h6-9,12H,2-5H2,1H3,(H,17,18)(H,19,20). The number of aromatic nitrogens is 2. The molecule has 4 nitrogen and oxygen atoms in total. The van der Waals surface area contributed by atoms with Gasteiger partial charge in [-0.25, -0.2) is 4.98 Å². The van der Waals surface area contributed by atoms with Gasteiger partial charge in [-0.15, -0.1) is 0 Å². The van der Waals surface area contributed by atoms with E-state index in [1.54, 1.807) is 0 Å². The van der Waals surface area contributed by atoms with Crippen LogP contribution in [-0.4, -0.2) is 21.0 Å². The smallest absolute Gasteiger partial charge is 0.312 e. The monoisotopic (exact) mass is 270 g/mol. The van der Waals surface area contributed by atoms with Gasteiger partial charge in [-0.2, -0.15) is 0 Å². The maximum atomic E-state index is 11.3. The molecule has 1 aromatic carbocycles. The lowest BCUT2D eigenvalue weighted by molar-refractivity contribution is -0.139. The average molecular weight is 270 g/mol. The fourth-order valence-electron chi connectivity index (χ4n) is 2.80. The minimum atomic E-state index is -0.773. The topological polar surface area (TPSA) is 66.0 Å². The number of carboxylic acid groups (broad SMARTS) is 1. The van der Waals surface area contributed by atoms with Gasteiger partial charge in [0.15, 0.2) is 0 Å². The number of aryl methyl sites for hydroxylation is 2. The first kappa shape index (κ1) is 12.9. The first-order valence-electron chi connectivity index (χ1n) is 7.10. The van der Waals surface area contributed by atoms with E-state index in [0.717, 1.165) is 42.0 Å². The van der Waals surface area contributed by atoms with E-state index in [1.165, 1.54) is 5.56 Å². The van der Waals surface area contributed by atoms with Crippen LogP contribution >= 0.6 is 0 Å². The van der Waals surface area contributed by atoms with Crippen LogP contribution in [0.4, 0.5) is 0 Å². The van der Waals surface area contributed by atoms with Crippen LogP contribution in [0.15, 0.2) is 24.3 Å². The summed E-state index contributed by atoms with van der Waals surface area (Å²) in [7, 11) is 0. The van der Waals surface area contributed by atoms with Crippen molar-refractivity contribution in [3.05, 3.63) is 41.2 Å². The summed E-state index contributed by atoms with van der Waals surface area (Å²) >= 11 is 0. The molecule has 0 fully saturated rings. The summed E-state index contributed by atoms with van der Waals surface area (Å²) in [5, 5.41) is 9.28. The summed E-state index contributed by atoms with van der Waals surface area (Å²) in [5.41, 5.74) is 4.01. The van der Waals surface area contributed by atoms with Crippen molar-refractivity contribution in [3.8, 4) is 11.4 Å². The van der Waals surface area contributed by atoms with Crippen LogP contribution in [0.1, 0.15) is 42.6 Å². The number of hydrogen-bond acceptors (Lipinski definition) is 2. The van der Waals surface area contributed by atoms with E-state index in [1.807, 2.05) is 12.1 Å². The third-order valence-corrected chi connectivity index (χ3v) is 3.99. The summed E-state index contributed by atoms with van der Waals surface area (Å²) < 4.78 is 0. The highest BCUT2D eigenvalue weighted by molar-refractivity contribution is 5.76. The molecule has 4 heteroatoms. The Morgan fingerprint density at radius 2 is 2.15 bits per heavy atom. The van der Waals surface area contributed by atoms with Gasteiger partial charge in [-0.3, -0.25) is 4.79 Å². The molecule has 1 aliphatic rings. The fraction of sp³-hybridized carbons (Fsp3) is 0.375. The predicted octanol–water partition coefficient (Wildman–Crippen LogP) is 3.14. The Labute approximate surface area is 117 Å². The quantitative estimate of drug-likeness (QED) is 0.900. The van der Waals surface area contributed by atoms with Gasteiger partial charge in [0.2, 0.25) is 0 Å². The number of imidazole rings is 1. The molecule has 0 saturated carbocycles. The van der Waals surface area contributed by atoms with Gasteiger partial charge in [0.05, 0.1) is 5.69 Å². The molecule has 1 atom stereocenters. The highest BCUT2D eigenvalue weighted by Crippen LogP contribution is 2.32. The van der Waals surface area contributed by atoms with Crippen LogP contribution in [0.2, 0.25) is 0 Å². The number of hydrogen-bond donors (Lipinski definition) is 2. The molecule has 20 heavy (non-hydrogen) atoms. The van der Waals surface area contributed by atoms with Crippen molar-refractivity contribution in [2.45, 2.75) is 38.5 Å². The maximum absolute atomic E-state index is 11.3. The predicted molar refractivity (Wildman–Crippen MR) is 76.7 cm³/mol. The molecule has 1 aliphatic carbocycles. The van der Waals surface area contributed by atoms with Gasteiger partial charge in [0.25, 0.3) is 0 Å². The fourth-order valence-corrected chi connectivity index (χ4v) is 2.80. The highest BCUT2D eigenvalue weighted by Gasteiger charge is 2.29. The van der Waals surface area contributed by atoms with Crippen LogP contribution in [-0.2, 0) is 17.6 Å². The second-order valence-corrected chi connectivity index (χ2v) is 5.28. The first-order valence-corrected chi connectivity index (χ1v) is 7.10. The van der Waals surface area contributed by atoms with Crippen molar-refractivity contribution in [2.75, 3.05) is 0 Å². The zero-order valence-electron chi connectivity index (χ0n) is 11.5.